The van der Waals surface area contributed by atoms with Crippen LogP contribution in [-0.2, 0) is 11.2 Å². The summed E-state index contributed by atoms with van der Waals surface area (Å²) in [4.78, 5) is 12.1. The molecule has 0 aliphatic heterocycles. The van der Waals surface area contributed by atoms with Crippen LogP contribution >= 0.6 is 12.4 Å². The van der Waals surface area contributed by atoms with Gasteiger partial charge in [-0.25, -0.2) is 0 Å². The van der Waals surface area contributed by atoms with Gasteiger partial charge in [0.25, 0.3) is 0 Å². The van der Waals surface area contributed by atoms with E-state index in [9.17, 15) is 4.79 Å². The van der Waals surface area contributed by atoms with Crippen molar-refractivity contribution in [3.8, 4) is 0 Å². The van der Waals surface area contributed by atoms with Gasteiger partial charge >= 0.3 is 0 Å². The molecule has 1 aliphatic carbocycles. The second-order valence-corrected chi connectivity index (χ2v) is 5.42. The van der Waals surface area contributed by atoms with Crippen molar-refractivity contribution in [2.24, 2.45) is 11.7 Å². The molecule has 1 atom stereocenters. The van der Waals surface area contributed by atoms with Gasteiger partial charge in [0.05, 0.1) is 17.7 Å². The Kier molecular flexibility index (Phi) is 4.98. The molecule has 1 fully saturated rings. The lowest BCUT2D eigenvalue weighted by atomic mass is 9.95. The first-order valence-electron chi connectivity index (χ1n) is 6.39. The number of nitrogens with two attached hydrogens (primary N) is 1. The number of hydrogen-bond acceptors (Lipinski definition) is 4. The molecule has 0 spiro atoms. The lowest BCUT2D eigenvalue weighted by molar-refractivity contribution is -0.122. The maximum absolute atomic E-state index is 12.1. The first kappa shape index (κ1) is 16.0. The Hall–Kier alpha value is -1.07. The monoisotopic (exact) mass is 287 g/mol. The summed E-state index contributed by atoms with van der Waals surface area (Å²) >= 11 is 0. The number of carbonyl (C=O) groups is 1. The molecule has 1 saturated carbocycles. The SMILES string of the molecule is Cc1noc(C)c1CC(=O)NC(C)(CN)C1CC1.Cl. The van der Waals surface area contributed by atoms with Gasteiger partial charge < -0.3 is 15.6 Å². The summed E-state index contributed by atoms with van der Waals surface area (Å²) in [6.45, 7) is 6.18. The summed E-state index contributed by atoms with van der Waals surface area (Å²) in [5.74, 6) is 1.23. The minimum Gasteiger partial charge on any atom is -0.361 e. The molecule has 1 unspecified atom stereocenters. The number of amides is 1. The molecule has 0 saturated heterocycles. The fourth-order valence-electron chi connectivity index (χ4n) is 2.32. The van der Waals surface area contributed by atoms with Crippen LogP contribution in [0.5, 0.6) is 0 Å². The maximum atomic E-state index is 12.1. The lowest BCUT2D eigenvalue weighted by Crippen LogP contribution is -2.53. The van der Waals surface area contributed by atoms with E-state index < -0.39 is 0 Å². The molecule has 0 aromatic carbocycles. The van der Waals surface area contributed by atoms with Crippen molar-refractivity contribution >= 4 is 18.3 Å². The van der Waals surface area contributed by atoms with Crippen LogP contribution in [0.4, 0.5) is 0 Å². The summed E-state index contributed by atoms with van der Waals surface area (Å²) < 4.78 is 5.06. The average molecular weight is 288 g/mol. The van der Waals surface area contributed by atoms with Gasteiger partial charge in [0.1, 0.15) is 5.76 Å². The summed E-state index contributed by atoms with van der Waals surface area (Å²) in [5.41, 5.74) is 7.17. The second kappa shape index (κ2) is 5.92. The molecule has 1 heterocycles. The zero-order valence-electron chi connectivity index (χ0n) is 11.7. The highest BCUT2D eigenvalue weighted by Gasteiger charge is 2.41. The molecule has 6 heteroatoms. The van der Waals surface area contributed by atoms with Crippen molar-refractivity contribution in [2.75, 3.05) is 6.54 Å². The Bertz CT molecular complexity index is 437. The Morgan fingerprint density at radius 1 is 1.53 bits per heavy atom. The summed E-state index contributed by atoms with van der Waals surface area (Å²) in [6.07, 6.45) is 2.61. The highest BCUT2D eigenvalue weighted by atomic mass is 35.5. The molecule has 3 N–H and O–H groups in total. The third kappa shape index (κ3) is 3.48. The molecule has 2 rings (SSSR count). The molecule has 19 heavy (non-hydrogen) atoms. The number of carbonyl (C=O) groups excluding carboxylic acids is 1. The van der Waals surface area contributed by atoms with Crippen LogP contribution in [0.25, 0.3) is 0 Å². The normalized spacial score (nSPS) is 17.5. The van der Waals surface area contributed by atoms with Crippen molar-refractivity contribution in [3.05, 3.63) is 17.0 Å². The molecule has 0 bridgehead atoms. The fourth-order valence-corrected chi connectivity index (χ4v) is 2.32. The van der Waals surface area contributed by atoms with Crippen molar-refractivity contribution in [1.29, 1.82) is 0 Å². The number of hydrogen-bond donors (Lipinski definition) is 2. The number of nitrogens with one attached hydrogen (secondary N) is 1. The summed E-state index contributed by atoms with van der Waals surface area (Å²) in [5, 5.41) is 6.92. The van der Waals surface area contributed by atoms with Gasteiger partial charge in [0, 0.05) is 12.1 Å². The van der Waals surface area contributed by atoms with Crippen LogP contribution < -0.4 is 11.1 Å². The molecule has 5 nitrogen and oxygen atoms in total. The van der Waals surface area contributed by atoms with E-state index in [0.29, 0.717) is 24.6 Å². The molecule has 1 aromatic heterocycles. The van der Waals surface area contributed by atoms with Gasteiger partial charge in [-0.1, -0.05) is 5.16 Å². The average Bonchev–Trinajstić information content (AvgIpc) is 3.13. The fraction of sp³-hybridized carbons (Fsp3) is 0.692. The van der Waals surface area contributed by atoms with Crippen molar-refractivity contribution in [2.45, 2.75) is 45.6 Å². The largest absolute Gasteiger partial charge is 0.361 e. The second-order valence-electron chi connectivity index (χ2n) is 5.42. The van der Waals surface area contributed by atoms with Crippen molar-refractivity contribution in [3.63, 3.8) is 0 Å². The van der Waals surface area contributed by atoms with Crippen LogP contribution in [0, 0.1) is 19.8 Å². The van der Waals surface area contributed by atoms with E-state index in [-0.39, 0.29) is 23.9 Å². The van der Waals surface area contributed by atoms with E-state index in [1.165, 1.54) is 0 Å². The van der Waals surface area contributed by atoms with E-state index in [4.69, 9.17) is 10.3 Å². The molecular formula is C13H22ClN3O2. The molecular weight excluding hydrogens is 266 g/mol. The van der Waals surface area contributed by atoms with Crippen LogP contribution in [0.2, 0.25) is 0 Å². The van der Waals surface area contributed by atoms with E-state index in [0.717, 1.165) is 24.1 Å². The highest BCUT2D eigenvalue weighted by Crippen LogP contribution is 2.39. The first-order valence-corrected chi connectivity index (χ1v) is 6.39. The van der Waals surface area contributed by atoms with Gasteiger partial charge in [0.2, 0.25) is 5.91 Å². The van der Waals surface area contributed by atoms with Gasteiger partial charge in [-0.15, -0.1) is 12.4 Å². The number of aromatic nitrogens is 1. The van der Waals surface area contributed by atoms with Gasteiger partial charge in [-0.05, 0) is 39.5 Å². The van der Waals surface area contributed by atoms with Crippen molar-refractivity contribution < 1.29 is 9.32 Å². The minimum absolute atomic E-state index is 0. The third-order valence-electron chi connectivity index (χ3n) is 3.85. The highest BCUT2D eigenvalue weighted by molar-refractivity contribution is 5.85. The molecule has 0 radical (unpaired) electrons. The number of nitrogens with zero attached hydrogens (tertiary/aromatic N) is 1. The number of rotatable bonds is 5. The Morgan fingerprint density at radius 3 is 2.58 bits per heavy atom. The van der Waals surface area contributed by atoms with Crippen molar-refractivity contribution in [1.82, 2.24) is 10.5 Å². The van der Waals surface area contributed by atoms with E-state index in [2.05, 4.69) is 10.5 Å². The maximum Gasteiger partial charge on any atom is 0.225 e. The third-order valence-corrected chi connectivity index (χ3v) is 3.85. The smallest absolute Gasteiger partial charge is 0.225 e. The zero-order chi connectivity index (χ0) is 13.3. The lowest BCUT2D eigenvalue weighted by Gasteiger charge is -2.29. The van der Waals surface area contributed by atoms with E-state index in [1.54, 1.807) is 0 Å². The van der Waals surface area contributed by atoms with Crippen LogP contribution in [0.3, 0.4) is 0 Å². The molecule has 108 valence electrons. The van der Waals surface area contributed by atoms with Crippen LogP contribution in [-0.4, -0.2) is 23.1 Å². The summed E-state index contributed by atoms with van der Waals surface area (Å²) in [7, 11) is 0. The number of halogens is 1. The van der Waals surface area contributed by atoms with E-state index in [1.807, 2.05) is 20.8 Å². The quantitative estimate of drug-likeness (QED) is 0.860. The standard InChI is InChI=1S/C13H21N3O2.ClH/c1-8-11(9(2)18-16-8)6-12(17)15-13(3,7-14)10-4-5-10;/h10H,4-7,14H2,1-3H3,(H,15,17);1H. The Labute approximate surface area is 119 Å². The predicted octanol–water partition coefficient (Wildman–Crippen LogP) is 1.50. The van der Waals surface area contributed by atoms with Crippen LogP contribution in [0.1, 0.15) is 36.8 Å². The number of aryl methyl sites for hydroxylation is 2. The van der Waals surface area contributed by atoms with Gasteiger partial charge in [-0.2, -0.15) is 0 Å². The van der Waals surface area contributed by atoms with Crippen LogP contribution in [0.15, 0.2) is 4.52 Å². The summed E-state index contributed by atoms with van der Waals surface area (Å²) in [6, 6.07) is 0. The Morgan fingerprint density at radius 2 is 2.16 bits per heavy atom. The van der Waals surface area contributed by atoms with E-state index >= 15 is 0 Å². The molecule has 1 aliphatic rings. The van der Waals surface area contributed by atoms with Gasteiger partial charge in [0.15, 0.2) is 0 Å². The Balaban J connectivity index is 0.00000180. The predicted molar refractivity (Wildman–Crippen MR) is 75.3 cm³/mol. The molecule has 1 aromatic rings. The molecule has 1 amide bonds. The first-order chi connectivity index (χ1) is 8.46. The minimum atomic E-state index is -0.268. The topological polar surface area (TPSA) is 81.2 Å². The van der Waals surface area contributed by atoms with Gasteiger partial charge in [-0.3, -0.25) is 4.79 Å². The zero-order valence-corrected chi connectivity index (χ0v) is 12.5.